The Bertz CT molecular complexity index is 433. The number of carbonyl (C=O) groups excluding carboxylic acids is 1. The maximum Gasteiger partial charge on any atom is 0.231 e. The van der Waals surface area contributed by atoms with E-state index in [1.807, 2.05) is 7.05 Å². The number of nitrogens with zero attached hydrogens (tertiary/aromatic N) is 2. The molecule has 0 unspecified atom stereocenters. The van der Waals surface area contributed by atoms with Gasteiger partial charge in [-0.1, -0.05) is 28.1 Å². The molecule has 3 nitrogen and oxygen atoms in total. The second kappa shape index (κ2) is 5.19. The van der Waals surface area contributed by atoms with Gasteiger partial charge in [0, 0.05) is 19.3 Å². The number of alkyl halides is 1. The molecule has 0 saturated heterocycles. The number of anilines is 1. The smallest absolute Gasteiger partial charge is 0.231 e. The van der Waals surface area contributed by atoms with Crippen molar-refractivity contribution in [1.82, 2.24) is 4.90 Å². The normalized spacial score (nSPS) is 14.6. The van der Waals surface area contributed by atoms with Gasteiger partial charge >= 0.3 is 0 Å². The minimum Gasteiger partial charge on any atom is -0.315 e. The van der Waals surface area contributed by atoms with Gasteiger partial charge in [0.05, 0.1) is 11.9 Å². The Morgan fingerprint density at radius 1 is 1.47 bits per heavy atom. The van der Waals surface area contributed by atoms with Crippen molar-refractivity contribution in [3.63, 3.8) is 0 Å². The number of hydrogen-bond acceptors (Lipinski definition) is 2. The minimum absolute atomic E-state index is 0.190. The average Bonchev–Trinajstić information content (AvgIpc) is 2.62. The van der Waals surface area contributed by atoms with E-state index >= 15 is 0 Å². The third-order valence-electron chi connectivity index (χ3n) is 3.21. The van der Waals surface area contributed by atoms with E-state index in [2.05, 4.69) is 46.1 Å². The number of rotatable bonds is 4. The molecule has 0 aliphatic carbocycles. The quantitative estimate of drug-likeness (QED) is 0.627. The van der Waals surface area contributed by atoms with Crippen molar-refractivity contribution in [3.05, 3.63) is 29.3 Å². The first-order valence-electron chi connectivity index (χ1n) is 5.74. The van der Waals surface area contributed by atoms with Crippen molar-refractivity contribution in [1.29, 1.82) is 0 Å². The summed E-state index contributed by atoms with van der Waals surface area (Å²) in [6.07, 6.45) is 1.57. The number of likely N-dealkylation sites (N-methyl/N-ethyl adjacent to an activating group) is 2. The third-order valence-corrected chi connectivity index (χ3v) is 4.06. The molecular formula is C13H17BrN2O. The van der Waals surface area contributed by atoms with Crippen molar-refractivity contribution in [2.75, 3.05) is 31.0 Å². The average molecular weight is 297 g/mol. The SMILES string of the molecule is CN(CBr)CCc1ccc2c(c1)CC(=O)N2C. The van der Waals surface area contributed by atoms with Crippen LogP contribution in [-0.2, 0) is 17.6 Å². The molecule has 1 aliphatic heterocycles. The molecular weight excluding hydrogens is 280 g/mol. The van der Waals surface area contributed by atoms with Gasteiger partial charge < -0.3 is 4.90 Å². The molecule has 4 heteroatoms. The Balaban J connectivity index is 2.08. The summed E-state index contributed by atoms with van der Waals surface area (Å²) in [5.41, 5.74) is 4.42. The number of fused-ring (bicyclic) bond motifs is 1. The summed E-state index contributed by atoms with van der Waals surface area (Å²) in [6.45, 7) is 1.02. The summed E-state index contributed by atoms with van der Waals surface area (Å²) < 4.78 is 0. The maximum absolute atomic E-state index is 11.6. The molecule has 0 fully saturated rings. The van der Waals surface area contributed by atoms with E-state index in [1.165, 1.54) is 5.56 Å². The lowest BCUT2D eigenvalue weighted by Crippen LogP contribution is -2.20. The van der Waals surface area contributed by atoms with Gasteiger partial charge in [-0.2, -0.15) is 0 Å². The topological polar surface area (TPSA) is 23.6 Å². The summed E-state index contributed by atoms with van der Waals surface area (Å²) in [4.78, 5) is 15.5. The Morgan fingerprint density at radius 3 is 2.94 bits per heavy atom. The number of carbonyl (C=O) groups is 1. The highest BCUT2D eigenvalue weighted by molar-refractivity contribution is 9.09. The first kappa shape index (κ1) is 12.6. The van der Waals surface area contributed by atoms with Gasteiger partial charge in [-0.3, -0.25) is 9.69 Å². The van der Waals surface area contributed by atoms with Crippen molar-refractivity contribution < 1.29 is 4.79 Å². The lowest BCUT2D eigenvalue weighted by atomic mass is 10.1. The van der Waals surface area contributed by atoms with Crippen LogP contribution in [0.3, 0.4) is 0 Å². The van der Waals surface area contributed by atoms with Crippen molar-refractivity contribution in [2.45, 2.75) is 12.8 Å². The number of hydrogen-bond donors (Lipinski definition) is 0. The third kappa shape index (κ3) is 2.69. The fraction of sp³-hybridized carbons (Fsp3) is 0.462. The molecule has 92 valence electrons. The van der Waals surface area contributed by atoms with Crippen molar-refractivity contribution in [3.8, 4) is 0 Å². The zero-order chi connectivity index (χ0) is 12.4. The van der Waals surface area contributed by atoms with Crippen LogP contribution < -0.4 is 4.90 Å². The highest BCUT2D eigenvalue weighted by Crippen LogP contribution is 2.28. The van der Waals surface area contributed by atoms with Gasteiger partial charge in [-0.05, 0) is 30.7 Å². The van der Waals surface area contributed by atoms with Gasteiger partial charge in [0.1, 0.15) is 0 Å². The molecule has 0 N–H and O–H groups in total. The largest absolute Gasteiger partial charge is 0.315 e. The maximum atomic E-state index is 11.6. The Morgan fingerprint density at radius 2 is 2.24 bits per heavy atom. The molecule has 0 radical (unpaired) electrons. The van der Waals surface area contributed by atoms with Crippen LogP contribution in [0.15, 0.2) is 18.2 Å². The molecule has 0 aromatic heterocycles. The van der Waals surface area contributed by atoms with E-state index in [0.717, 1.165) is 29.7 Å². The van der Waals surface area contributed by atoms with Gasteiger partial charge in [0.25, 0.3) is 0 Å². The van der Waals surface area contributed by atoms with Gasteiger partial charge in [-0.15, -0.1) is 0 Å². The summed E-state index contributed by atoms with van der Waals surface area (Å²) >= 11 is 3.43. The van der Waals surface area contributed by atoms with E-state index in [0.29, 0.717) is 6.42 Å². The van der Waals surface area contributed by atoms with Gasteiger partial charge in [-0.25, -0.2) is 0 Å². The second-order valence-corrected chi connectivity index (χ2v) is 5.04. The highest BCUT2D eigenvalue weighted by atomic mass is 79.9. The molecule has 1 amide bonds. The predicted molar refractivity (Wildman–Crippen MR) is 73.7 cm³/mol. The van der Waals surface area contributed by atoms with Crippen LogP contribution in [0.25, 0.3) is 0 Å². The molecule has 1 aromatic carbocycles. The molecule has 17 heavy (non-hydrogen) atoms. The van der Waals surface area contributed by atoms with Crippen LogP contribution in [0, 0.1) is 0 Å². The molecule has 0 spiro atoms. The van der Waals surface area contributed by atoms with E-state index in [-0.39, 0.29) is 5.91 Å². The zero-order valence-corrected chi connectivity index (χ0v) is 11.8. The molecule has 0 saturated carbocycles. The van der Waals surface area contributed by atoms with Crippen LogP contribution in [0.2, 0.25) is 0 Å². The standard InChI is InChI=1S/C13H17BrN2O/c1-15(9-14)6-5-10-3-4-12-11(7-10)8-13(17)16(12)2/h3-4,7H,5-6,8-9H2,1-2H3. The first-order valence-corrected chi connectivity index (χ1v) is 6.87. The van der Waals surface area contributed by atoms with Crippen LogP contribution in [-0.4, -0.2) is 36.9 Å². The summed E-state index contributed by atoms with van der Waals surface area (Å²) in [5.74, 6) is 0.190. The van der Waals surface area contributed by atoms with E-state index in [4.69, 9.17) is 0 Å². The highest BCUT2D eigenvalue weighted by Gasteiger charge is 2.23. The van der Waals surface area contributed by atoms with Crippen molar-refractivity contribution >= 4 is 27.5 Å². The fourth-order valence-electron chi connectivity index (χ4n) is 2.06. The predicted octanol–water partition coefficient (Wildman–Crippen LogP) is 2.03. The van der Waals surface area contributed by atoms with Crippen LogP contribution >= 0.6 is 15.9 Å². The fourth-order valence-corrected chi connectivity index (χ4v) is 2.31. The van der Waals surface area contributed by atoms with E-state index in [9.17, 15) is 4.79 Å². The molecule has 1 aliphatic rings. The van der Waals surface area contributed by atoms with Gasteiger partial charge in [0.15, 0.2) is 0 Å². The number of benzene rings is 1. The van der Waals surface area contributed by atoms with Crippen LogP contribution in [0.4, 0.5) is 5.69 Å². The van der Waals surface area contributed by atoms with Crippen LogP contribution in [0.5, 0.6) is 0 Å². The van der Waals surface area contributed by atoms with Gasteiger partial charge in [0.2, 0.25) is 5.91 Å². The minimum atomic E-state index is 0.190. The first-order chi connectivity index (χ1) is 8.11. The summed E-state index contributed by atoms with van der Waals surface area (Å²) in [5, 5.41) is 0. The van der Waals surface area contributed by atoms with E-state index < -0.39 is 0 Å². The Kier molecular flexibility index (Phi) is 3.84. The molecule has 0 bridgehead atoms. The number of amides is 1. The van der Waals surface area contributed by atoms with Crippen molar-refractivity contribution in [2.24, 2.45) is 0 Å². The number of halogens is 1. The molecule has 0 atom stereocenters. The molecule has 1 aromatic rings. The molecule has 2 rings (SSSR count). The lowest BCUT2D eigenvalue weighted by molar-refractivity contribution is -0.117. The zero-order valence-electron chi connectivity index (χ0n) is 10.2. The Labute approximate surface area is 111 Å². The van der Waals surface area contributed by atoms with Crippen LogP contribution in [0.1, 0.15) is 11.1 Å². The van der Waals surface area contributed by atoms with E-state index in [1.54, 1.807) is 4.90 Å². The summed E-state index contributed by atoms with van der Waals surface area (Å²) in [7, 11) is 3.92. The second-order valence-electron chi connectivity index (χ2n) is 4.54. The molecule has 1 heterocycles. The lowest BCUT2D eigenvalue weighted by Gasteiger charge is -2.14. The monoisotopic (exact) mass is 296 g/mol. The Hall–Kier alpha value is -0.870. The summed E-state index contributed by atoms with van der Waals surface area (Å²) in [6, 6.07) is 6.35.